The van der Waals surface area contributed by atoms with Gasteiger partial charge in [0.1, 0.15) is 11.6 Å². The first-order valence-corrected chi connectivity index (χ1v) is 9.87. The first kappa shape index (κ1) is 21.6. The summed E-state index contributed by atoms with van der Waals surface area (Å²) in [6.07, 6.45) is 4.89. The molecule has 0 bridgehead atoms. The number of carbonyl (C=O) groups excluding carboxylic acids is 2. The summed E-state index contributed by atoms with van der Waals surface area (Å²) in [5.41, 5.74) is 1.79. The highest BCUT2D eigenvalue weighted by Gasteiger charge is 2.30. The smallest absolute Gasteiger partial charge is 0.330 e. The molecular weight excluding hydrogens is 390 g/mol. The lowest BCUT2D eigenvalue weighted by Crippen LogP contribution is -2.34. The van der Waals surface area contributed by atoms with Crippen LogP contribution in [-0.2, 0) is 20.9 Å². The van der Waals surface area contributed by atoms with E-state index >= 15 is 0 Å². The van der Waals surface area contributed by atoms with Gasteiger partial charge in [-0.3, -0.25) is 9.69 Å². The molecule has 1 aliphatic rings. The monoisotopic (exact) mass is 414 g/mol. The maximum atomic E-state index is 14.0. The average molecular weight is 414 g/mol. The highest BCUT2D eigenvalue weighted by Crippen LogP contribution is 2.28. The molecule has 5 nitrogen and oxygen atoms in total. The van der Waals surface area contributed by atoms with Crippen LogP contribution in [0.3, 0.4) is 0 Å². The molecule has 0 radical (unpaired) electrons. The van der Waals surface area contributed by atoms with Crippen molar-refractivity contribution < 1.29 is 23.1 Å². The van der Waals surface area contributed by atoms with Crippen LogP contribution >= 0.6 is 0 Å². The van der Waals surface area contributed by atoms with Gasteiger partial charge in [-0.1, -0.05) is 18.2 Å². The zero-order chi connectivity index (χ0) is 21.5. The van der Waals surface area contributed by atoms with Gasteiger partial charge in [-0.05, 0) is 49.6 Å². The first-order chi connectivity index (χ1) is 14.4. The van der Waals surface area contributed by atoms with Gasteiger partial charge in [-0.2, -0.15) is 0 Å². The van der Waals surface area contributed by atoms with E-state index in [0.717, 1.165) is 24.5 Å². The van der Waals surface area contributed by atoms with Crippen molar-refractivity contribution in [1.29, 1.82) is 0 Å². The Hall–Kier alpha value is -3.06. The topological polar surface area (TPSA) is 58.6 Å². The molecule has 0 unspecified atom stereocenters. The highest BCUT2D eigenvalue weighted by molar-refractivity contribution is 5.92. The molecule has 0 atom stereocenters. The summed E-state index contributed by atoms with van der Waals surface area (Å²) in [4.78, 5) is 25.7. The van der Waals surface area contributed by atoms with Gasteiger partial charge >= 0.3 is 5.97 Å². The fraction of sp³-hybridized carbons (Fsp3) is 0.304. The minimum Gasteiger partial charge on any atom is -0.463 e. The van der Waals surface area contributed by atoms with Crippen LogP contribution in [0.4, 0.5) is 14.5 Å². The van der Waals surface area contributed by atoms with E-state index in [-0.39, 0.29) is 25.0 Å². The van der Waals surface area contributed by atoms with E-state index in [2.05, 4.69) is 5.32 Å². The number of esters is 1. The van der Waals surface area contributed by atoms with Crippen LogP contribution in [0.1, 0.15) is 30.9 Å². The van der Waals surface area contributed by atoms with E-state index in [4.69, 9.17) is 4.74 Å². The van der Waals surface area contributed by atoms with Gasteiger partial charge in [-0.25, -0.2) is 13.6 Å². The van der Waals surface area contributed by atoms with E-state index < -0.39 is 17.6 Å². The number of hydrogen-bond acceptors (Lipinski definition) is 4. The number of hydrogen-bond donors (Lipinski definition) is 1. The van der Waals surface area contributed by atoms with E-state index in [0.29, 0.717) is 17.9 Å². The number of anilines is 1. The number of halogens is 2. The van der Waals surface area contributed by atoms with E-state index in [1.807, 2.05) is 4.90 Å². The second-order valence-electron chi connectivity index (χ2n) is 7.13. The number of benzene rings is 2. The van der Waals surface area contributed by atoms with Crippen molar-refractivity contribution in [1.82, 2.24) is 4.90 Å². The Morgan fingerprint density at radius 3 is 2.53 bits per heavy atom. The molecule has 1 saturated carbocycles. The molecule has 0 spiro atoms. The number of amides is 1. The van der Waals surface area contributed by atoms with Crippen molar-refractivity contribution in [2.75, 3.05) is 18.5 Å². The number of rotatable bonds is 9. The predicted molar refractivity (Wildman–Crippen MR) is 111 cm³/mol. The van der Waals surface area contributed by atoms with Crippen LogP contribution < -0.4 is 5.32 Å². The molecule has 7 heteroatoms. The summed E-state index contributed by atoms with van der Waals surface area (Å²) in [5, 5.41) is 2.83. The predicted octanol–water partition coefficient (Wildman–Crippen LogP) is 4.14. The van der Waals surface area contributed by atoms with Crippen LogP contribution in [-0.4, -0.2) is 36.0 Å². The normalized spacial score (nSPS) is 13.6. The molecule has 2 aromatic carbocycles. The van der Waals surface area contributed by atoms with Gasteiger partial charge in [0.2, 0.25) is 5.91 Å². The quantitative estimate of drug-likeness (QED) is 0.495. The molecule has 1 amide bonds. The first-order valence-electron chi connectivity index (χ1n) is 9.87. The van der Waals surface area contributed by atoms with E-state index in [1.54, 1.807) is 37.3 Å². The van der Waals surface area contributed by atoms with Crippen molar-refractivity contribution in [3.05, 3.63) is 71.3 Å². The Labute approximate surface area is 174 Å². The van der Waals surface area contributed by atoms with Crippen molar-refractivity contribution in [2.45, 2.75) is 32.4 Å². The molecule has 0 aromatic heterocycles. The third kappa shape index (κ3) is 6.49. The third-order valence-electron chi connectivity index (χ3n) is 4.69. The van der Waals surface area contributed by atoms with Gasteiger partial charge in [0.25, 0.3) is 0 Å². The third-order valence-corrected chi connectivity index (χ3v) is 4.69. The van der Waals surface area contributed by atoms with Gasteiger partial charge < -0.3 is 10.1 Å². The Morgan fingerprint density at radius 1 is 1.17 bits per heavy atom. The molecule has 1 aliphatic carbocycles. The highest BCUT2D eigenvalue weighted by atomic mass is 19.1. The van der Waals surface area contributed by atoms with Crippen LogP contribution in [0.2, 0.25) is 0 Å². The molecule has 1 fully saturated rings. The summed E-state index contributed by atoms with van der Waals surface area (Å²) in [6.45, 7) is 2.43. The van der Waals surface area contributed by atoms with E-state index in [9.17, 15) is 18.4 Å². The fourth-order valence-electron chi connectivity index (χ4n) is 3.04. The Balaban J connectivity index is 1.56. The van der Waals surface area contributed by atoms with Gasteiger partial charge in [0.05, 0.1) is 13.2 Å². The number of ether oxygens (including phenoxy) is 1. The summed E-state index contributed by atoms with van der Waals surface area (Å²) in [6, 6.07) is 10.8. The summed E-state index contributed by atoms with van der Waals surface area (Å²) in [7, 11) is 0. The lowest BCUT2D eigenvalue weighted by Gasteiger charge is -2.22. The van der Waals surface area contributed by atoms with Gasteiger partial charge in [0.15, 0.2) is 0 Å². The SMILES string of the molecule is CCOC(=O)/C=C/c1ccc(NC(=O)CN(Cc2ccc(F)cc2F)C2CC2)cc1. The Kier molecular flexibility index (Phi) is 7.30. The number of carbonyl (C=O) groups is 2. The molecular formula is C23H24F2N2O3. The second-order valence-corrected chi connectivity index (χ2v) is 7.13. The molecule has 0 saturated heterocycles. The van der Waals surface area contributed by atoms with Crippen LogP contribution in [0, 0.1) is 11.6 Å². The largest absolute Gasteiger partial charge is 0.463 e. The zero-order valence-electron chi connectivity index (χ0n) is 16.7. The average Bonchev–Trinajstić information content (AvgIpc) is 3.54. The van der Waals surface area contributed by atoms with Crippen molar-refractivity contribution in [2.24, 2.45) is 0 Å². The zero-order valence-corrected chi connectivity index (χ0v) is 16.7. The summed E-state index contributed by atoms with van der Waals surface area (Å²) < 4.78 is 31.9. The molecule has 0 aliphatic heterocycles. The van der Waals surface area contributed by atoms with Crippen LogP contribution in [0.15, 0.2) is 48.5 Å². The maximum Gasteiger partial charge on any atom is 0.330 e. The maximum absolute atomic E-state index is 14.0. The minimum atomic E-state index is -0.618. The summed E-state index contributed by atoms with van der Waals surface area (Å²) in [5.74, 6) is -1.84. The molecule has 158 valence electrons. The minimum absolute atomic E-state index is 0.117. The lowest BCUT2D eigenvalue weighted by atomic mass is 10.2. The fourth-order valence-corrected chi connectivity index (χ4v) is 3.04. The Bertz CT molecular complexity index is 925. The van der Waals surface area contributed by atoms with Gasteiger partial charge in [0, 0.05) is 36.0 Å². The molecule has 30 heavy (non-hydrogen) atoms. The number of nitrogens with zero attached hydrogens (tertiary/aromatic N) is 1. The molecule has 3 rings (SSSR count). The second kappa shape index (κ2) is 10.1. The van der Waals surface area contributed by atoms with Crippen molar-refractivity contribution in [3.8, 4) is 0 Å². The number of nitrogens with one attached hydrogen (secondary N) is 1. The van der Waals surface area contributed by atoms with Crippen LogP contribution in [0.25, 0.3) is 6.08 Å². The van der Waals surface area contributed by atoms with Gasteiger partial charge in [-0.15, -0.1) is 0 Å². The molecule has 1 N–H and O–H groups in total. The molecule has 2 aromatic rings. The lowest BCUT2D eigenvalue weighted by molar-refractivity contribution is -0.137. The van der Waals surface area contributed by atoms with Crippen molar-refractivity contribution >= 4 is 23.6 Å². The summed E-state index contributed by atoms with van der Waals surface area (Å²) >= 11 is 0. The molecule has 0 heterocycles. The van der Waals surface area contributed by atoms with Crippen LogP contribution in [0.5, 0.6) is 0 Å². The van der Waals surface area contributed by atoms with E-state index in [1.165, 1.54) is 18.2 Å². The standard InChI is InChI=1S/C23H24F2N2O3/c1-2-30-23(29)12-5-16-3-8-19(9-4-16)26-22(28)15-27(20-10-11-20)14-17-6-7-18(24)13-21(17)25/h3-9,12-13,20H,2,10-11,14-15H2,1H3,(H,26,28)/b12-5+. The van der Waals surface area contributed by atoms with Crippen molar-refractivity contribution in [3.63, 3.8) is 0 Å². The Morgan fingerprint density at radius 2 is 1.90 bits per heavy atom.